The molecule has 0 fully saturated rings. The zero-order valence-corrected chi connectivity index (χ0v) is 28.8. The van der Waals surface area contributed by atoms with Crippen molar-refractivity contribution >= 4 is 28.9 Å². The van der Waals surface area contributed by atoms with Crippen LogP contribution in [0.4, 0.5) is 11.5 Å². The van der Waals surface area contributed by atoms with Crippen molar-refractivity contribution in [2.24, 2.45) is 10.9 Å². The molecular weight excluding hydrogens is 617 g/mol. The Bertz CT molecular complexity index is 2180. The molecule has 6 nitrogen and oxygen atoms in total. The van der Waals surface area contributed by atoms with Gasteiger partial charge in [-0.3, -0.25) is 9.59 Å². The Hall–Kier alpha value is -5.88. The van der Waals surface area contributed by atoms with Crippen molar-refractivity contribution in [1.82, 2.24) is 9.78 Å². The largest absolute Gasteiger partial charge is 0.322 e. The van der Waals surface area contributed by atoms with Crippen LogP contribution in [0.15, 0.2) is 139 Å². The predicted octanol–water partition coefficient (Wildman–Crippen LogP) is 9.77. The minimum absolute atomic E-state index is 0.0636. The van der Waals surface area contributed by atoms with E-state index in [9.17, 15) is 9.59 Å². The maximum atomic E-state index is 14.2. The molecule has 2 heterocycles. The summed E-state index contributed by atoms with van der Waals surface area (Å²) >= 11 is 0. The van der Waals surface area contributed by atoms with E-state index in [1.165, 1.54) is 0 Å². The Kier molecular flexibility index (Phi) is 9.09. The molecule has 0 spiro atoms. The summed E-state index contributed by atoms with van der Waals surface area (Å²) in [6.45, 7) is 8.11. The highest BCUT2D eigenvalue weighted by atomic mass is 16.1. The molecule has 6 aromatic rings. The van der Waals surface area contributed by atoms with Crippen molar-refractivity contribution in [1.29, 1.82) is 0 Å². The van der Waals surface area contributed by atoms with E-state index in [0.29, 0.717) is 16.9 Å². The van der Waals surface area contributed by atoms with Crippen LogP contribution in [-0.2, 0) is 0 Å². The minimum atomic E-state index is -0.362. The average Bonchev–Trinajstić information content (AvgIpc) is 3.56. The Balaban J connectivity index is 1.42. The van der Waals surface area contributed by atoms with Crippen molar-refractivity contribution in [3.8, 4) is 0 Å². The fourth-order valence-electron chi connectivity index (χ4n) is 7.06. The van der Waals surface area contributed by atoms with Crippen LogP contribution in [0, 0.1) is 33.6 Å². The molecule has 0 saturated carbocycles. The summed E-state index contributed by atoms with van der Waals surface area (Å²) in [5.74, 6) is -0.289. The molecule has 7 rings (SSSR count). The van der Waals surface area contributed by atoms with Gasteiger partial charge in [-0.1, -0.05) is 138 Å². The van der Waals surface area contributed by atoms with Crippen LogP contribution >= 0.6 is 0 Å². The number of carbonyl (C=O) groups excluding carboxylic acids is 2. The Morgan fingerprint density at radius 3 is 2.02 bits per heavy atom. The first kappa shape index (κ1) is 32.7. The van der Waals surface area contributed by atoms with Crippen LogP contribution in [0.1, 0.15) is 78.0 Å². The molecule has 5 aromatic carbocycles. The fraction of sp³-hybridized carbons (Fsp3) is 0.182. The highest BCUT2D eigenvalue weighted by molar-refractivity contribution is 6.11. The van der Waals surface area contributed by atoms with Crippen LogP contribution in [-0.4, -0.2) is 27.2 Å². The SMILES string of the molecule is Cc1ccc(C(=O)C[C@H](c2ccccc2)[C@H]2C(c3ccc(C)cc3)=Nc3c(C(=O)Nc4ccc(C)cc4C)cnn3[C@H]2c2ccccc2)cc1. The number of carbonyl (C=O) groups is 2. The molecular formula is C44H40N4O2. The van der Waals surface area contributed by atoms with Crippen LogP contribution < -0.4 is 5.32 Å². The summed E-state index contributed by atoms with van der Waals surface area (Å²) in [5, 5.41) is 8.00. The Morgan fingerprint density at radius 1 is 0.740 bits per heavy atom. The Labute approximate surface area is 293 Å². The van der Waals surface area contributed by atoms with Gasteiger partial charge in [0.2, 0.25) is 0 Å². The molecule has 1 amide bonds. The highest BCUT2D eigenvalue weighted by Gasteiger charge is 2.43. The number of hydrogen-bond donors (Lipinski definition) is 1. The van der Waals surface area contributed by atoms with Crippen LogP contribution in [0.25, 0.3) is 0 Å². The number of ketones is 1. The maximum absolute atomic E-state index is 14.2. The van der Waals surface area contributed by atoms with Gasteiger partial charge in [-0.25, -0.2) is 9.67 Å². The smallest absolute Gasteiger partial charge is 0.261 e. The van der Waals surface area contributed by atoms with Crippen molar-refractivity contribution in [3.05, 3.63) is 184 Å². The molecule has 1 aliphatic heterocycles. The minimum Gasteiger partial charge on any atom is -0.322 e. The van der Waals surface area contributed by atoms with Gasteiger partial charge in [-0.05, 0) is 56.0 Å². The second-order valence-corrected chi connectivity index (χ2v) is 13.4. The number of anilines is 1. The summed E-state index contributed by atoms with van der Waals surface area (Å²) in [7, 11) is 0. The molecule has 0 radical (unpaired) electrons. The third-order valence-electron chi connectivity index (χ3n) is 9.72. The molecule has 6 heteroatoms. The number of aryl methyl sites for hydroxylation is 4. The first-order chi connectivity index (χ1) is 24.3. The van der Waals surface area contributed by atoms with Crippen LogP contribution in [0.3, 0.4) is 0 Å². The predicted molar refractivity (Wildman–Crippen MR) is 201 cm³/mol. The Morgan fingerprint density at radius 2 is 1.36 bits per heavy atom. The number of rotatable bonds is 9. The number of nitrogens with one attached hydrogen (secondary N) is 1. The second kappa shape index (κ2) is 13.9. The van der Waals surface area contributed by atoms with Gasteiger partial charge in [0.15, 0.2) is 11.6 Å². The van der Waals surface area contributed by atoms with Crippen molar-refractivity contribution in [2.75, 3.05) is 5.32 Å². The lowest BCUT2D eigenvalue weighted by Crippen LogP contribution is -2.37. The maximum Gasteiger partial charge on any atom is 0.261 e. The lowest BCUT2D eigenvalue weighted by Gasteiger charge is -2.38. The van der Waals surface area contributed by atoms with Gasteiger partial charge in [-0.15, -0.1) is 0 Å². The van der Waals surface area contributed by atoms with E-state index in [1.54, 1.807) is 6.20 Å². The molecule has 0 saturated heterocycles. The average molecular weight is 657 g/mol. The molecule has 1 N–H and O–H groups in total. The number of nitrogens with zero attached hydrogens (tertiary/aromatic N) is 3. The van der Waals surface area contributed by atoms with Crippen molar-refractivity contribution in [3.63, 3.8) is 0 Å². The normalized spacial score (nSPS) is 15.9. The number of Topliss-reactive ketones (excluding diaryl/α,β-unsaturated/α-hetero) is 1. The van der Waals surface area contributed by atoms with E-state index in [2.05, 4.69) is 60.8 Å². The molecule has 0 bridgehead atoms. The topological polar surface area (TPSA) is 76.3 Å². The first-order valence-electron chi connectivity index (χ1n) is 17.1. The van der Waals surface area contributed by atoms with E-state index in [0.717, 1.165) is 50.3 Å². The molecule has 3 atom stereocenters. The van der Waals surface area contributed by atoms with Gasteiger partial charge in [0.05, 0.1) is 18.0 Å². The number of fused-ring (bicyclic) bond motifs is 1. The number of aromatic nitrogens is 2. The second-order valence-electron chi connectivity index (χ2n) is 13.4. The third-order valence-corrected chi connectivity index (χ3v) is 9.72. The first-order valence-corrected chi connectivity index (χ1v) is 17.1. The third kappa shape index (κ3) is 6.57. The summed E-state index contributed by atoms with van der Waals surface area (Å²) in [5.41, 5.74) is 9.99. The molecule has 248 valence electrons. The lowest BCUT2D eigenvalue weighted by atomic mass is 9.71. The number of amides is 1. The van der Waals surface area contributed by atoms with E-state index < -0.39 is 0 Å². The van der Waals surface area contributed by atoms with Crippen LogP contribution in [0.2, 0.25) is 0 Å². The van der Waals surface area contributed by atoms with Gasteiger partial charge in [0, 0.05) is 29.5 Å². The van der Waals surface area contributed by atoms with Gasteiger partial charge in [-0.2, -0.15) is 5.10 Å². The molecule has 0 aliphatic carbocycles. The van der Waals surface area contributed by atoms with Gasteiger partial charge < -0.3 is 5.32 Å². The number of aliphatic imine (C=N–C) groups is 1. The standard InChI is InChI=1S/C44H40N4O2/c1-28-15-20-33(21-16-28)39(49)26-36(32-11-7-5-8-12-32)40-41(34-22-17-29(2)18-23-34)47-43-37(44(50)46-38-24-19-30(3)25-31(38)4)27-45-48(43)42(40)35-13-9-6-10-14-35/h5-25,27,36,40,42H,26H2,1-4H3,(H,46,50)/t36-,40+,42+/m1/s1. The summed E-state index contributed by atoms with van der Waals surface area (Å²) in [4.78, 5) is 33.5. The molecule has 50 heavy (non-hydrogen) atoms. The lowest BCUT2D eigenvalue weighted by molar-refractivity contribution is 0.0964. The van der Waals surface area contributed by atoms with E-state index in [4.69, 9.17) is 10.1 Å². The van der Waals surface area contributed by atoms with E-state index in [-0.39, 0.29) is 36.0 Å². The summed E-state index contributed by atoms with van der Waals surface area (Å²) in [6.07, 6.45) is 1.89. The quantitative estimate of drug-likeness (QED) is 0.157. The monoisotopic (exact) mass is 656 g/mol. The van der Waals surface area contributed by atoms with E-state index >= 15 is 0 Å². The van der Waals surface area contributed by atoms with Crippen LogP contribution in [0.5, 0.6) is 0 Å². The number of benzene rings is 5. The van der Waals surface area contributed by atoms with Gasteiger partial charge >= 0.3 is 0 Å². The van der Waals surface area contributed by atoms with E-state index in [1.807, 2.05) is 104 Å². The van der Waals surface area contributed by atoms with Gasteiger partial charge in [0.1, 0.15) is 5.56 Å². The van der Waals surface area contributed by atoms with Gasteiger partial charge in [0.25, 0.3) is 5.91 Å². The fourth-order valence-corrected chi connectivity index (χ4v) is 7.06. The van der Waals surface area contributed by atoms with Crippen molar-refractivity contribution < 1.29 is 9.59 Å². The zero-order chi connectivity index (χ0) is 34.8. The summed E-state index contributed by atoms with van der Waals surface area (Å²) in [6, 6.07) is 42.2. The number of hydrogen-bond acceptors (Lipinski definition) is 4. The molecule has 1 aliphatic rings. The molecule has 1 aromatic heterocycles. The summed E-state index contributed by atoms with van der Waals surface area (Å²) < 4.78 is 1.89. The zero-order valence-electron chi connectivity index (χ0n) is 28.8. The molecule has 0 unspecified atom stereocenters. The van der Waals surface area contributed by atoms with Crippen molar-refractivity contribution in [2.45, 2.75) is 46.1 Å². The highest BCUT2D eigenvalue weighted by Crippen LogP contribution is 2.47.